The van der Waals surface area contributed by atoms with Crippen LogP contribution in [0, 0.1) is 0 Å². The Labute approximate surface area is 99.0 Å². The van der Waals surface area contributed by atoms with E-state index < -0.39 is 11.9 Å². The standard InChI is InChI=1S/C13H12N2O2/c1-9(7-10-5-3-2-4-6-10)8-11-12(16)15-13(17)14-11/h2-8H,1H3,(H2,14,15,16,17)/b9-7+,11-8-. The quantitative estimate of drug-likeness (QED) is 0.599. The zero-order valence-corrected chi connectivity index (χ0v) is 9.36. The molecule has 0 aliphatic carbocycles. The molecule has 2 rings (SSSR count). The van der Waals surface area contributed by atoms with Gasteiger partial charge in [0.2, 0.25) is 0 Å². The van der Waals surface area contributed by atoms with Gasteiger partial charge in [-0.1, -0.05) is 36.4 Å². The molecule has 1 aliphatic heterocycles. The van der Waals surface area contributed by atoms with Crippen molar-refractivity contribution < 1.29 is 9.59 Å². The molecule has 1 fully saturated rings. The monoisotopic (exact) mass is 228 g/mol. The molecule has 0 radical (unpaired) electrons. The van der Waals surface area contributed by atoms with Crippen molar-refractivity contribution >= 4 is 18.0 Å². The number of carbonyl (C=O) groups is 2. The molecule has 1 heterocycles. The highest BCUT2D eigenvalue weighted by molar-refractivity contribution is 6.11. The Morgan fingerprint density at radius 1 is 1.12 bits per heavy atom. The number of urea groups is 1. The largest absolute Gasteiger partial charge is 0.326 e. The minimum Gasteiger partial charge on any atom is -0.303 e. The summed E-state index contributed by atoms with van der Waals surface area (Å²) in [6.07, 6.45) is 3.58. The van der Waals surface area contributed by atoms with Crippen LogP contribution in [0.4, 0.5) is 4.79 Å². The van der Waals surface area contributed by atoms with E-state index in [9.17, 15) is 9.59 Å². The predicted octanol–water partition coefficient (Wildman–Crippen LogP) is 1.81. The average Bonchev–Trinajstić information content (AvgIpc) is 2.58. The molecule has 1 aromatic rings. The lowest BCUT2D eigenvalue weighted by Crippen LogP contribution is -2.22. The Balaban J connectivity index is 2.19. The average molecular weight is 228 g/mol. The van der Waals surface area contributed by atoms with Crippen LogP contribution in [0.15, 0.2) is 47.7 Å². The Morgan fingerprint density at radius 3 is 2.41 bits per heavy atom. The van der Waals surface area contributed by atoms with Crippen LogP contribution in [0.1, 0.15) is 12.5 Å². The van der Waals surface area contributed by atoms with Crippen molar-refractivity contribution in [1.29, 1.82) is 0 Å². The number of carbonyl (C=O) groups excluding carboxylic acids is 2. The second-order valence-electron chi connectivity index (χ2n) is 3.77. The zero-order valence-electron chi connectivity index (χ0n) is 9.36. The van der Waals surface area contributed by atoms with Gasteiger partial charge in [0.1, 0.15) is 5.70 Å². The van der Waals surface area contributed by atoms with Crippen molar-refractivity contribution in [3.63, 3.8) is 0 Å². The van der Waals surface area contributed by atoms with Gasteiger partial charge in [0.05, 0.1) is 0 Å². The molecule has 0 saturated carbocycles. The van der Waals surface area contributed by atoms with E-state index in [-0.39, 0.29) is 5.70 Å². The summed E-state index contributed by atoms with van der Waals surface area (Å²) in [6.45, 7) is 1.87. The molecule has 4 heteroatoms. The van der Waals surface area contributed by atoms with Crippen molar-refractivity contribution in [3.05, 3.63) is 53.2 Å². The van der Waals surface area contributed by atoms with Crippen LogP contribution < -0.4 is 10.6 Å². The van der Waals surface area contributed by atoms with E-state index in [1.165, 1.54) is 0 Å². The van der Waals surface area contributed by atoms with Crippen LogP contribution >= 0.6 is 0 Å². The normalized spacial score (nSPS) is 18.2. The van der Waals surface area contributed by atoms with Gasteiger partial charge < -0.3 is 5.32 Å². The lowest BCUT2D eigenvalue weighted by Gasteiger charge is -1.97. The predicted molar refractivity (Wildman–Crippen MR) is 64.9 cm³/mol. The summed E-state index contributed by atoms with van der Waals surface area (Å²) >= 11 is 0. The third-order valence-electron chi connectivity index (χ3n) is 2.29. The minimum absolute atomic E-state index is 0.277. The van der Waals surface area contributed by atoms with E-state index in [2.05, 4.69) is 10.6 Å². The third kappa shape index (κ3) is 2.81. The number of benzene rings is 1. The summed E-state index contributed by atoms with van der Waals surface area (Å²) in [5.41, 5.74) is 2.22. The molecule has 1 aliphatic rings. The van der Waals surface area contributed by atoms with Crippen molar-refractivity contribution in [2.45, 2.75) is 6.92 Å². The summed E-state index contributed by atoms with van der Waals surface area (Å²) in [6, 6.07) is 9.28. The maximum atomic E-state index is 11.3. The number of allylic oxidation sites excluding steroid dienone is 2. The Hall–Kier alpha value is -2.36. The van der Waals surface area contributed by atoms with Gasteiger partial charge in [-0.3, -0.25) is 10.1 Å². The number of rotatable bonds is 2. The molecule has 1 aromatic carbocycles. The smallest absolute Gasteiger partial charge is 0.303 e. The molecule has 4 nitrogen and oxygen atoms in total. The van der Waals surface area contributed by atoms with Crippen molar-refractivity contribution in [3.8, 4) is 0 Å². The summed E-state index contributed by atoms with van der Waals surface area (Å²) in [5, 5.41) is 4.59. The third-order valence-corrected chi connectivity index (χ3v) is 2.29. The first-order valence-corrected chi connectivity index (χ1v) is 5.22. The molecule has 1 saturated heterocycles. The topological polar surface area (TPSA) is 58.2 Å². The van der Waals surface area contributed by atoms with Crippen molar-refractivity contribution in [1.82, 2.24) is 10.6 Å². The molecule has 0 atom stereocenters. The maximum absolute atomic E-state index is 11.3. The fraction of sp³-hybridized carbons (Fsp3) is 0.0769. The van der Waals surface area contributed by atoms with Gasteiger partial charge in [0.25, 0.3) is 5.91 Å². The molecule has 86 valence electrons. The van der Waals surface area contributed by atoms with Gasteiger partial charge in [0.15, 0.2) is 0 Å². The van der Waals surface area contributed by atoms with Crippen LogP contribution in [0.2, 0.25) is 0 Å². The highest BCUT2D eigenvalue weighted by atomic mass is 16.2. The molecule has 0 aromatic heterocycles. The molecule has 17 heavy (non-hydrogen) atoms. The lowest BCUT2D eigenvalue weighted by atomic mass is 10.1. The molecule has 0 unspecified atom stereocenters. The first-order valence-electron chi connectivity index (χ1n) is 5.22. The number of nitrogens with one attached hydrogen (secondary N) is 2. The Morgan fingerprint density at radius 2 is 1.82 bits per heavy atom. The van der Waals surface area contributed by atoms with E-state index in [1.807, 2.05) is 43.3 Å². The highest BCUT2D eigenvalue weighted by Crippen LogP contribution is 2.09. The fourth-order valence-electron chi connectivity index (χ4n) is 1.56. The fourth-order valence-corrected chi connectivity index (χ4v) is 1.56. The van der Waals surface area contributed by atoms with Gasteiger partial charge in [-0.25, -0.2) is 4.79 Å². The Bertz CT molecular complexity index is 515. The van der Waals surface area contributed by atoms with E-state index in [0.717, 1.165) is 11.1 Å². The molecule has 0 bridgehead atoms. The van der Waals surface area contributed by atoms with Gasteiger partial charge >= 0.3 is 6.03 Å². The number of hydrogen-bond donors (Lipinski definition) is 2. The Kier molecular flexibility index (Phi) is 3.05. The molecule has 3 amide bonds. The van der Waals surface area contributed by atoms with Gasteiger partial charge in [-0.15, -0.1) is 0 Å². The maximum Gasteiger partial charge on any atom is 0.326 e. The van der Waals surface area contributed by atoms with Crippen LogP contribution in [0.25, 0.3) is 6.08 Å². The van der Waals surface area contributed by atoms with Gasteiger partial charge in [-0.05, 0) is 24.1 Å². The van der Waals surface area contributed by atoms with Gasteiger partial charge in [0, 0.05) is 0 Å². The number of hydrogen-bond acceptors (Lipinski definition) is 2. The number of amides is 3. The molecule has 0 spiro atoms. The van der Waals surface area contributed by atoms with Crippen LogP contribution in [0.3, 0.4) is 0 Å². The first-order chi connectivity index (χ1) is 8.15. The van der Waals surface area contributed by atoms with E-state index in [1.54, 1.807) is 6.08 Å². The van der Waals surface area contributed by atoms with Crippen LogP contribution in [-0.2, 0) is 4.79 Å². The number of imide groups is 1. The summed E-state index contributed by atoms with van der Waals surface area (Å²) in [4.78, 5) is 22.2. The van der Waals surface area contributed by atoms with Crippen LogP contribution in [-0.4, -0.2) is 11.9 Å². The zero-order chi connectivity index (χ0) is 12.3. The van der Waals surface area contributed by atoms with E-state index in [4.69, 9.17) is 0 Å². The second kappa shape index (κ2) is 4.65. The van der Waals surface area contributed by atoms with Gasteiger partial charge in [-0.2, -0.15) is 0 Å². The molecular weight excluding hydrogens is 216 g/mol. The van der Waals surface area contributed by atoms with Crippen LogP contribution in [0.5, 0.6) is 0 Å². The minimum atomic E-state index is -0.478. The summed E-state index contributed by atoms with van der Waals surface area (Å²) in [7, 11) is 0. The highest BCUT2D eigenvalue weighted by Gasteiger charge is 2.22. The van der Waals surface area contributed by atoms with Crippen molar-refractivity contribution in [2.75, 3.05) is 0 Å². The first kappa shape index (κ1) is 11.1. The van der Waals surface area contributed by atoms with E-state index >= 15 is 0 Å². The molecule has 2 N–H and O–H groups in total. The van der Waals surface area contributed by atoms with E-state index in [0.29, 0.717) is 0 Å². The second-order valence-corrected chi connectivity index (χ2v) is 3.77. The summed E-state index contributed by atoms with van der Waals surface area (Å²) < 4.78 is 0. The summed E-state index contributed by atoms with van der Waals surface area (Å²) in [5.74, 6) is -0.393. The lowest BCUT2D eigenvalue weighted by molar-refractivity contribution is -0.115. The molecular formula is C13H12N2O2. The van der Waals surface area contributed by atoms with Crippen molar-refractivity contribution in [2.24, 2.45) is 0 Å². The SMILES string of the molecule is CC(/C=C1\NC(=O)NC1=O)=C\c1ccccc1.